The number of carboxylic acids is 1. The minimum atomic E-state index is -0.946. The molecule has 0 spiro atoms. The molecule has 18 heavy (non-hydrogen) atoms. The van der Waals surface area contributed by atoms with Gasteiger partial charge in [0, 0.05) is 13.1 Å². The number of carboxylic acid groups (broad SMARTS) is 1. The van der Waals surface area contributed by atoms with E-state index in [9.17, 15) is 19.4 Å². The Labute approximate surface area is 105 Å². The Hall–Kier alpha value is -1.46. The first-order chi connectivity index (χ1) is 8.58. The van der Waals surface area contributed by atoms with Crippen LogP contribution < -0.4 is 0 Å². The summed E-state index contributed by atoms with van der Waals surface area (Å²) in [6.07, 6.45) is 0.805. The second-order valence-electron chi connectivity index (χ2n) is 4.56. The fraction of sp³-hybridized carbons (Fsp3) is 0.462. The summed E-state index contributed by atoms with van der Waals surface area (Å²) in [4.78, 5) is 13.2. The summed E-state index contributed by atoms with van der Waals surface area (Å²) in [6.45, 7) is 1.07. The number of hydrogen-bond donors (Lipinski definition) is 2. The van der Waals surface area contributed by atoms with Crippen LogP contribution in [-0.2, 0) is 4.79 Å². The van der Waals surface area contributed by atoms with E-state index >= 15 is 0 Å². The number of halogens is 1. The molecular formula is C13H16FNO3. The van der Waals surface area contributed by atoms with Crippen LogP contribution in [0.1, 0.15) is 24.4 Å². The Morgan fingerprint density at radius 1 is 1.28 bits per heavy atom. The van der Waals surface area contributed by atoms with E-state index in [1.807, 2.05) is 4.90 Å². The van der Waals surface area contributed by atoms with E-state index in [0.29, 0.717) is 31.5 Å². The number of aliphatic hydroxyl groups excluding tert-OH is 1. The number of aliphatic carboxylic acids is 1. The number of likely N-dealkylation sites (tertiary alicyclic amines) is 1. The monoisotopic (exact) mass is 253 g/mol. The number of benzene rings is 1. The SMILES string of the molecule is O=C(O)C(c1ccc(F)cc1)N1CCC(O)CC1. The van der Waals surface area contributed by atoms with Crippen molar-refractivity contribution in [3.63, 3.8) is 0 Å². The molecule has 4 nitrogen and oxygen atoms in total. The highest BCUT2D eigenvalue weighted by Crippen LogP contribution is 2.25. The topological polar surface area (TPSA) is 60.8 Å². The van der Waals surface area contributed by atoms with Crippen LogP contribution >= 0.6 is 0 Å². The van der Waals surface area contributed by atoms with Gasteiger partial charge in [-0.15, -0.1) is 0 Å². The zero-order valence-electron chi connectivity index (χ0n) is 9.92. The first-order valence-corrected chi connectivity index (χ1v) is 5.98. The van der Waals surface area contributed by atoms with Gasteiger partial charge in [-0.3, -0.25) is 9.69 Å². The highest BCUT2D eigenvalue weighted by atomic mass is 19.1. The summed E-state index contributed by atoms with van der Waals surface area (Å²) >= 11 is 0. The molecule has 2 N–H and O–H groups in total. The smallest absolute Gasteiger partial charge is 0.325 e. The summed E-state index contributed by atoms with van der Waals surface area (Å²) in [7, 11) is 0. The van der Waals surface area contributed by atoms with Gasteiger partial charge in [0.25, 0.3) is 0 Å². The Bertz CT molecular complexity index is 413. The molecule has 0 amide bonds. The molecule has 0 saturated carbocycles. The van der Waals surface area contributed by atoms with Gasteiger partial charge in [0.05, 0.1) is 6.10 Å². The normalized spacial score (nSPS) is 19.7. The van der Waals surface area contributed by atoms with Gasteiger partial charge >= 0.3 is 5.97 Å². The van der Waals surface area contributed by atoms with Gasteiger partial charge in [0.15, 0.2) is 0 Å². The van der Waals surface area contributed by atoms with Crippen molar-refractivity contribution in [1.29, 1.82) is 0 Å². The van der Waals surface area contributed by atoms with E-state index in [1.165, 1.54) is 24.3 Å². The lowest BCUT2D eigenvalue weighted by Gasteiger charge is -2.34. The van der Waals surface area contributed by atoms with Gasteiger partial charge in [0.2, 0.25) is 0 Å². The first kappa shape index (κ1) is 13.0. The maximum atomic E-state index is 12.9. The third-order valence-electron chi connectivity index (χ3n) is 3.28. The maximum absolute atomic E-state index is 12.9. The van der Waals surface area contributed by atoms with Crippen LogP contribution in [-0.4, -0.2) is 40.3 Å². The van der Waals surface area contributed by atoms with Crippen molar-refractivity contribution >= 4 is 5.97 Å². The van der Waals surface area contributed by atoms with E-state index in [0.717, 1.165) is 0 Å². The highest BCUT2D eigenvalue weighted by Gasteiger charge is 2.30. The highest BCUT2D eigenvalue weighted by molar-refractivity contribution is 5.75. The molecular weight excluding hydrogens is 237 g/mol. The van der Waals surface area contributed by atoms with Crippen molar-refractivity contribution in [3.8, 4) is 0 Å². The van der Waals surface area contributed by atoms with E-state index in [-0.39, 0.29) is 11.9 Å². The number of carbonyl (C=O) groups is 1. The molecule has 1 heterocycles. The lowest BCUT2D eigenvalue weighted by Crippen LogP contribution is -2.41. The van der Waals surface area contributed by atoms with E-state index in [1.54, 1.807) is 0 Å². The molecule has 1 atom stereocenters. The molecule has 1 unspecified atom stereocenters. The molecule has 0 aromatic heterocycles. The van der Waals surface area contributed by atoms with Crippen LogP contribution in [0.4, 0.5) is 4.39 Å². The van der Waals surface area contributed by atoms with Gasteiger partial charge in [0.1, 0.15) is 11.9 Å². The summed E-state index contributed by atoms with van der Waals surface area (Å²) < 4.78 is 12.9. The average molecular weight is 253 g/mol. The van der Waals surface area contributed by atoms with Crippen molar-refractivity contribution < 1.29 is 19.4 Å². The number of aliphatic hydroxyl groups is 1. The number of nitrogens with zero attached hydrogens (tertiary/aromatic N) is 1. The van der Waals surface area contributed by atoms with E-state index < -0.39 is 12.0 Å². The zero-order chi connectivity index (χ0) is 13.1. The third kappa shape index (κ3) is 2.86. The minimum absolute atomic E-state index is 0.344. The van der Waals surface area contributed by atoms with Crippen molar-refractivity contribution in [2.45, 2.75) is 25.0 Å². The van der Waals surface area contributed by atoms with Gasteiger partial charge < -0.3 is 10.2 Å². The van der Waals surface area contributed by atoms with Gasteiger partial charge in [-0.05, 0) is 30.5 Å². The number of hydrogen-bond acceptors (Lipinski definition) is 3. The van der Waals surface area contributed by atoms with Crippen molar-refractivity contribution in [3.05, 3.63) is 35.6 Å². The van der Waals surface area contributed by atoms with Crippen LogP contribution in [0.2, 0.25) is 0 Å². The standard InChI is InChI=1S/C13H16FNO3/c14-10-3-1-9(2-4-10)12(13(17)18)15-7-5-11(16)6-8-15/h1-4,11-12,16H,5-8H2,(H,17,18). The molecule has 0 radical (unpaired) electrons. The summed E-state index contributed by atoms with van der Waals surface area (Å²) in [5.41, 5.74) is 0.570. The summed E-state index contributed by atoms with van der Waals surface area (Å²) in [5.74, 6) is -1.32. The quantitative estimate of drug-likeness (QED) is 0.855. The fourth-order valence-corrected chi connectivity index (χ4v) is 2.30. The van der Waals surface area contributed by atoms with Crippen LogP contribution in [0.5, 0.6) is 0 Å². The summed E-state index contributed by atoms with van der Waals surface area (Å²) in [6, 6.07) is 4.77. The summed E-state index contributed by atoms with van der Waals surface area (Å²) in [5, 5.41) is 18.7. The van der Waals surface area contributed by atoms with Crippen molar-refractivity contribution in [2.24, 2.45) is 0 Å². The minimum Gasteiger partial charge on any atom is -0.480 e. The molecule has 1 aromatic rings. The number of rotatable bonds is 3. The van der Waals surface area contributed by atoms with Gasteiger partial charge in [-0.25, -0.2) is 4.39 Å². The average Bonchev–Trinajstić information content (AvgIpc) is 2.34. The first-order valence-electron chi connectivity index (χ1n) is 5.98. The second-order valence-corrected chi connectivity index (χ2v) is 4.56. The second kappa shape index (κ2) is 5.46. The van der Waals surface area contributed by atoms with E-state index in [2.05, 4.69) is 0 Å². The van der Waals surface area contributed by atoms with Crippen LogP contribution in [0, 0.1) is 5.82 Å². The van der Waals surface area contributed by atoms with Crippen LogP contribution in [0.25, 0.3) is 0 Å². The zero-order valence-corrected chi connectivity index (χ0v) is 9.92. The fourth-order valence-electron chi connectivity index (χ4n) is 2.30. The van der Waals surface area contributed by atoms with E-state index in [4.69, 9.17) is 0 Å². The maximum Gasteiger partial charge on any atom is 0.325 e. The Morgan fingerprint density at radius 2 is 1.83 bits per heavy atom. The molecule has 1 aliphatic rings. The predicted molar refractivity (Wildman–Crippen MR) is 63.6 cm³/mol. The molecule has 0 bridgehead atoms. The molecule has 98 valence electrons. The lowest BCUT2D eigenvalue weighted by atomic mass is 10.0. The molecule has 0 aliphatic carbocycles. The number of piperidine rings is 1. The van der Waals surface area contributed by atoms with Gasteiger partial charge in [-0.1, -0.05) is 12.1 Å². The molecule has 1 aliphatic heterocycles. The molecule has 1 saturated heterocycles. The molecule has 2 rings (SSSR count). The Kier molecular flexibility index (Phi) is 3.93. The van der Waals surface area contributed by atoms with Crippen LogP contribution in [0.15, 0.2) is 24.3 Å². The molecule has 1 fully saturated rings. The molecule has 1 aromatic carbocycles. The third-order valence-corrected chi connectivity index (χ3v) is 3.28. The predicted octanol–water partition coefficient (Wildman–Crippen LogP) is 1.41. The largest absolute Gasteiger partial charge is 0.480 e. The van der Waals surface area contributed by atoms with Crippen molar-refractivity contribution in [1.82, 2.24) is 4.90 Å². The Morgan fingerprint density at radius 3 is 2.33 bits per heavy atom. The van der Waals surface area contributed by atoms with Crippen LogP contribution in [0.3, 0.4) is 0 Å². The van der Waals surface area contributed by atoms with Gasteiger partial charge in [-0.2, -0.15) is 0 Å². The van der Waals surface area contributed by atoms with Crippen molar-refractivity contribution in [2.75, 3.05) is 13.1 Å². The lowest BCUT2D eigenvalue weighted by molar-refractivity contribution is -0.144. The Balaban J connectivity index is 2.18. The molecule has 5 heteroatoms.